The van der Waals surface area contributed by atoms with Gasteiger partial charge < -0.3 is 20.3 Å². The number of carbonyl (C=O) groups is 3. The molecule has 1 rings (SSSR count). The van der Waals surface area contributed by atoms with Crippen LogP contribution in [-0.2, 0) is 14.3 Å². The van der Waals surface area contributed by atoms with Gasteiger partial charge in [0.2, 0.25) is 11.8 Å². The molecule has 0 spiro atoms. The van der Waals surface area contributed by atoms with Crippen molar-refractivity contribution in [3.8, 4) is 0 Å². The third-order valence-corrected chi connectivity index (χ3v) is 6.48. The van der Waals surface area contributed by atoms with E-state index in [1.165, 1.54) is 0 Å². The number of carbonyl (C=O) groups excluding carboxylic acids is 3. The van der Waals surface area contributed by atoms with Crippen molar-refractivity contribution in [2.24, 2.45) is 0 Å². The molecule has 0 radical (unpaired) electrons. The molecule has 1 aromatic carbocycles. The fraction of sp³-hybridized carbons (Fsp3) is 0.679. The van der Waals surface area contributed by atoms with Crippen molar-refractivity contribution < 1.29 is 19.1 Å². The highest BCUT2D eigenvalue weighted by molar-refractivity contribution is 7.98. The SMILES string of the molecule is CCCCCNC(=O)C(c1ccc(C)c(C)c1)N(CCC)C(=O)C(CCSC)NC(=O)OC(C)(C)C. The lowest BCUT2D eigenvalue weighted by Gasteiger charge is -2.34. The van der Waals surface area contributed by atoms with Gasteiger partial charge in [-0.05, 0) is 82.6 Å². The van der Waals surface area contributed by atoms with Gasteiger partial charge in [0.05, 0.1) is 0 Å². The second kappa shape index (κ2) is 15.8. The van der Waals surface area contributed by atoms with Gasteiger partial charge in [-0.3, -0.25) is 9.59 Å². The summed E-state index contributed by atoms with van der Waals surface area (Å²) in [4.78, 5) is 41.7. The predicted molar refractivity (Wildman–Crippen MR) is 149 cm³/mol. The van der Waals surface area contributed by atoms with E-state index >= 15 is 0 Å². The highest BCUT2D eigenvalue weighted by atomic mass is 32.2. The van der Waals surface area contributed by atoms with Gasteiger partial charge in [0.1, 0.15) is 17.7 Å². The zero-order valence-electron chi connectivity index (χ0n) is 23.5. The van der Waals surface area contributed by atoms with E-state index in [2.05, 4.69) is 17.6 Å². The molecule has 0 aliphatic rings. The van der Waals surface area contributed by atoms with Crippen LogP contribution in [0.5, 0.6) is 0 Å². The van der Waals surface area contributed by atoms with Gasteiger partial charge in [0.15, 0.2) is 0 Å². The first kappa shape index (κ1) is 31.8. The molecule has 0 aliphatic carbocycles. The van der Waals surface area contributed by atoms with Gasteiger partial charge >= 0.3 is 6.09 Å². The molecule has 7 nitrogen and oxygen atoms in total. The minimum atomic E-state index is -0.791. The Hall–Kier alpha value is -2.22. The number of aryl methyl sites for hydroxylation is 2. The molecule has 8 heteroatoms. The maximum atomic E-state index is 14.0. The van der Waals surface area contributed by atoms with E-state index in [9.17, 15) is 14.4 Å². The summed E-state index contributed by atoms with van der Waals surface area (Å²) in [6.45, 7) is 14.4. The van der Waals surface area contributed by atoms with E-state index in [0.29, 0.717) is 31.7 Å². The number of nitrogens with zero attached hydrogens (tertiary/aromatic N) is 1. The fourth-order valence-corrected chi connectivity index (χ4v) is 4.31. The quantitative estimate of drug-likeness (QED) is 0.314. The molecular weight excluding hydrogens is 474 g/mol. The van der Waals surface area contributed by atoms with Crippen LogP contribution in [0, 0.1) is 13.8 Å². The topological polar surface area (TPSA) is 87.7 Å². The monoisotopic (exact) mass is 521 g/mol. The van der Waals surface area contributed by atoms with Gasteiger partial charge in [-0.2, -0.15) is 11.8 Å². The van der Waals surface area contributed by atoms with Gasteiger partial charge in [-0.1, -0.05) is 44.9 Å². The molecule has 0 heterocycles. The third kappa shape index (κ3) is 10.8. The lowest BCUT2D eigenvalue weighted by molar-refractivity contribution is -0.142. The fourth-order valence-electron chi connectivity index (χ4n) is 3.84. The maximum absolute atomic E-state index is 14.0. The summed E-state index contributed by atoms with van der Waals surface area (Å²) in [5.41, 5.74) is 2.28. The van der Waals surface area contributed by atoms with Gasteiger partial charge in [0.25, 0.3) is 0 Å². The van der Waals surface area contributed by atoms with Crippen LogP contribution in [-0.4, -0.2) is 59.5 Å². The highest BCUT2D eigenvalue weighted by Crippen LogP contribution is 2.26. The zero-order valence-corrected chi connectivity index (χ0v) is 24.3. The van der Waals surface area contributed by atoms with E-state index in [1.807, 2.05) is 45.2 Å². The molecule has 2 atom stereocenters. The molecule has 2 unspecified atom stereocenters. The number of rotatable bonds is 14. The molecule has 204 valence electrons. The van der Waals surface area contributed by atoms with Crippen molar-refractivity contribution >= 4 is 29.7 Å². The first-order valence-electron chi connectivity index (χ1n) is 13.1. The van der Waals surface area contributed by atoms with Gasteiger partial charge in [-0.15, -0.1) is 0 Å². The average Bonchev–Trinajstić information content (AvgIpc) is 2.79. The van der Waals surface area contributed by atoms with Crippen molar-refractivity contribution in [1.82, 2.24) is 15.5 Å². The Morgan fingerprint density at radius 3 is 2.31 bits per heavy atom. The van der Waals surface area contributed by atoms with E-state index in [1.54, 1.807) is 37.4 Å². The zero-order chi connectivity index (χ0) is 27.3. The van der Waals surface area contributed by atoms with Crippen LogP contribution in [0.2, 0.25) is 0 Å². The van der Waals surface area contributed by atoms with E-state index in [4.69, 9.17) is 4.74 Å². The van der Waals surface area contributed by atoms with Crippen molar-refractivity contribution in [2.75, 3.05) is 25.1 Å². The number of ether oxygens (including phenoxy) is 1. The van der Waals surface area contributed by atoms with E-state index < -0.39 is 23.8 Å². The molecule has 0 aliphatic heterocycles. The maximum Gasteiger partial charge on any atom is 0.408 e. The van der Waals surface area contributed by atoms with Crippen LogP contribution >= 0.6 is 11.8 Å². The standard InChI is InChI=1S/C28H47N3O4S/c1-9-11-12-16-29-25(32)24(22-14-13-20(3)21(4)19-22)31(17-10-2)26(33)23(15-18-36-8)30-27(34)35-28(5,6)7/h13-14,19,23-24H,9-12,15-18H2,1-8H3,(H,29,32)(H,30,34). The highest BCUT2D eigenvalue weighted by Gasteiger charge is 2.35. The Balaban J connectivity index is 3.37. The van der Waals surface area contributed by atoms with E-state index in [0.717, 1.165) is 36.0 Å². The molecular formula is C28H47N3O4S. The van der Waals surface area contributed by atoms with Gasteiger partial charge in [0, 0.05) is 13.1 Å². The summed E-state index contributed by atoms with van der Waals surface area (Å²) >= 11 is 1.60. The first-order chi connectivity index (χ1) is 16.9. The summed E-state index contributed by atoms with van der Waals surface area (Å²) < 4.78 is 5.43. The van der Waals surface area contributed by atoms with Crippen molar-refractivity contribution in [1.29, 1.82) is 0 Å². The number of thioether (sulfide) groups is 1. The normalized spacial score (nSPS) is 13.0. The first-order valence-corrected chi connectivity index (χ1v) is 14.5. The van der Waals surface area contributed by atoms with Crippen molar-refractivity contribution in [3.05, 3.63) is 34.9 Å². The average molecular weight is 522 g/mol. The van der Waals surface area contributed by atoms with Crippen LogP contribution < -0.4 is 10.6 Å². The van der Waals surface area contributed by atoms with Crippen LogP contribution in [0.25, 0.3) is 0 Å². The molecule has 0 aromatic heterocycles. The van der Waals surface area contributed by atoms with Crippen LogP contribution in [0.3, 0.4) is 0 Å². The number of hydrogen-bond donors (Lipinski definition) is 2. The van der Waals surface area contributed by atoms with E-state index in [-0.39, 0.29) is 11.8 Å². The molecule has 0 saturated heterocycles. The molecule has 3 amide bonds. The molecule has 0 fully saturated rings. The smallest absolute Gasteiger partial charge is 0.408 e. The number of nitrogens with one attached hydrogen (secondary N) is 2. The molecule has 2 N–H and O–H groups in total. The minimum Gasteiger partial charge on any atom is -0.444 e. The largest absolute Gasteiger partial charge is 0.444 e. The van der Waals surface area contributed by atoms with Crippen LogP contribution in [0.1, 0.15) is 89.5 Å². The number of benzene rings is 1. The summed E-state index contributed by atoms with van der Waals surface area (Å²) in [5.74, 6) is 0.213. The summed E-state index contributed by atoms with van der Waals surface area (Å²) in [6.07, 6.45) is 5.42. The predicted octanol–water partition coefficient (Wildman–Crippen LogP) is 5.54. The summed E-state index contributed by atoms with van der Waals surface area (Å²) in [6, 6.07) is 4.32. The Morgan fingerprint density at radius 1 is 1.06 bits per heavy atom. The van der Waals surface area contributed by atoms with Gasteiger partial charge in [-0.25, -0.2) is 4.79 Å². The molecule has 0 saturated carbocycles. The number of amides is 3. The second-order valence-electron chi connectivity index (χ2n) is 10.3. The Kier molecular flexibility index (Phi) is 14.0. The Morgan fingerprint density at radius 2 is 1.75 bits per heavy atom. The van der Waals surface area contributed by atoms with Crippen LogP contribution in [0.4, 0.5) is 4.79 Å². The number of alkyl carbamates (subject to hydrolysis) is 1. The lowest BCUT2D eigenvalue weighted by Crippen LogP contribution is -2.53. The molecule has 1 aromatic rings. The third-order valence-electron chi connectivity index (χ3n) is 5.83. The van der Waals surface area contributed by atoms with Crippen LogP contribution in [0.15, 0.2) is 18.2 Å². The number of unbranched alkanes of at least 4 members (excludes halogenated alkanes) is 2. The Labute approximate surface area is 222 Å². The summed E-state index contributed by atoms with van der Waals surface area (Å²) in [7, 11) is 0. The molecule has 36 heavy (non-hydrogen) atoms. The minimum absolute atomic E-state index is 0.197. The lowest BCUT2D eigenvalue weighted by atomic mass is 9.98. The number of hydrogen-bond acceptors (Lipinski definition) is 5. The molecule has 0 bridgehead atoms. The second-order valence-corrected chi connectivity index (χ2v) is 11.2. The van der Waals surface area contributed by atoms with Crippen molar-refractivity contribution in [3.63, 3.8) is 0 Å². The Bertz CT molecular complexity index is 854. The van der Waals surface area contributed by atoms with Crippen molar-refractivity contribution in [2.45, 2.75) is 98.3 Å². The summed E-state index contributed by atoms with van der Waals surface area (Å²) in [5, 5.41) is 5.82.